The van der Waals surface area contributed by atoms with Crippen LogP contribution in [0.5, 0.6) is 0 Å². The maximum absolute atomic E-state index is 13.3. The molecule has 20 heteroatoms. The van der Waals surface area contributed by atoms with E-state index in [1.165, 1.54) is 6.66 Å². The van der Waals surface area contributed by atoms with Crippen LogP contribution in [0.1, 0.15) is 32.3 Å². The fraction of sp³-hybridized carbons (Fsp3) is 0.704. The van der Waals surface area contributed by atoms with Gasteiger partial charge in [0.25, 0.3) is 11.8 Å². The third kappa shape index (κ3) is 25.5. The summed E-state index contributed by atoms with van der Waals surface area (Å²) in [4.78, 5) is 26.2. The summed E-state index contributed by atoms with van der Waals surface area (Å²) in [6.45, 7) is 5.20. The topological polar surface area (TPSA) is 266 Å². The van der Waals surface area contributed by atoms with Crippen molar-refractivity contribution in [1.29, 1.82) is 0 Å². The van der Waals surface area contributed by atoms with Gasteiger partial charge in [-0.2, -0.15) is 8.78 Å². The first-order valence-corrected chi connectivity index (χ1v) is 17.7. The molecule has 0 aliphatic heterocycles. The van der Waals surface area contributed by atoms with Crippen LogP contribution in [0.2, 0.25) is 0 Å². The predicted octanol–water partition coefficient (Wildman–Crippen LogP) is -0.141. The van der Waals surface area contributed by atoms with Crippen LogP contribution in [-0.2, 0) is 30.2 Å². The molecule has 2 amide bonds. The van der Waals surface area contributed by atoms with E-state index in [9.17, 15) is 58.1 Å². The number of nitrogens with zero attached hydrogens (tertiary/aromatic N) is 2. The normalized spacial score (nSPS) is 16.2. The second-order valence-electron chi connectivity index (χ2n) is 9.51. The molecule has 0 saturated heterocycles. The summed E-state index contributed by atoms with van der Waals surface area (Å²) in [5.74, 6) is -3.58. The summed E-state index contributed by atoms with van der Waals surface area (Å²) in [7, 11) is -4.29. The number of amides is 2. The lowest BCUT2D eigenvalue weighted by Gasteiger charge is -2.26. The molecule has 274 valence electrons. The third-order valence-corrected chi connectivity index (χ3v) is 7.46. The van der Waals surface area contributed by atoms with E-state index in [-0.39, 0.29) is 31.3 Å². The van der Waals surface area contributed by atoms with Crippen molar-refractivity contribution in [3.63, 3.8) is 0 Å². The SMILES string of the molecule is CCO.CCO.C[P+](=O)C(F)C[C@@H](O)[C@@H](O)[C@@H](O)CN(C=O)OCc1ccccc1.C[P+](=O)C(F)C[C@@H](O)[C@@H](O)[C@@H](O)CN(O)C=O. The van der Waals surface area contributed by atoms with E-state index in [4.69, 9.17) is 20.3 Å². The van der Waals surface area contributed by atoms with Crippen LogP contribution >= 0.6 is 15.6 Å². The first kappa shape index (κ1) is 49.2. The fourth-order valence-corrected chi connectivity index (χ4v) is 4.01. The zero-order chi connectivity index (χ0) is 37.1. The van der Waals surface area contributed by atoms with Gasteiger partial charge in [0.05, 0.1) is 38.1 Å². The summed E-state index contributed by atoms with van der Waals surface area (Å²) in [6, 6.07) is 8.98. The molecular weight excluding hydrogens is 676 g/mol. The average Bonchev–Trinajstić information content (AvgIpc) is 3.03. The van der Waals surface area contributed by atoms with Crippen LogP contribution in [0.3, 0.4) is 0 Å². The zero-order valence-corrected chi connectivity index (χ0v) is 28.5. The Morgan fingerprint density at radius 2 is 1.13 bits per heavy atom. The Kier molecular flexibility index (Phi) is 31.3. The van der Waals surface area contributed by atoms with Gasteiger partial charge in [-0.15, -0.1) is 0 Å². The van der Waals surface area contributed by atoms with E-state index in [1.54, 1.807) is 38.1 Å². The molecule has 47 heavy (non-hydrogen) atoms. The lowest BCUT2D eigenvalue weighted by molar-refractivity contribution is -0.192. The molecule has 16 nitrogen and oxygen atoms in total. The molecule has 0 radical (unpaired) electrons. The van der Waals surface area contributed by atoms with Gasteiger partial charge in [0.15, 0.2) is 0 Å². The van der Waals surface area contributed by atoms with E-state index in [0.29, 0.717) is 6.41 Å². The Labute approximate surface area is 274 Å². The average molecular weight is 727 g/mol. The standard InChI is InChI=1S/C15H22FNO6P.C8H16FNO6P.2C2H6O/c1-24(22)14(16)7-12(19)15(21)13(20)8-17(10-18)23-9-11-5-3-2-4-6-11;1-17(16)7(9)2-5(12)8(14)6(13)3-10(15)4-11;2*1-2-3/h2-6,10,12-15,19-21H,7-9H2,1H3;4-8,12-15H,2-3H2,1H3;2*3H,2H2,1H3/q2*+1;;/t12-,13+,14?,15-;5-,6+,7?,8-;;/m11../s1. The van der Waals surface area contributed by atoms with Gasteiger partial charge in [0.1, 0.15) is 44.4 Å². The Balaban J connectivity index is -0.000000734. The van der Waals surface area contributed by atoms with Crippen LogP contribution in [0.25, 0.3) is 0 Å². The molecule has 0 heterocycles. The second-order valence-corrected chi connectivity index (χ2v) is 12.8. The number of carbonyl (C=O) groups excluding carboxylic acids is 2. The van der Waals surface area contributed by atoms with Crippen molar-refractivity contribution in [3.05, 3.63) is 35.9 Å². The molecule has 0 aliphatic carbocycles. The maximum Gasteiger partial charge on any atom is 0.371 e. The number of aliphatic hydroxyl groups is 8. The quantitative estimate of drug-likeness (QED) is 0.0389. The molecule has 0 bridgehead atoms. The first-order chi connectivity index (χ1) is 22.0. The minimum atomic E-state index is -2.15. The largest absolute Gasteiger partial charge is 0.397 e. The van der Waals surface area contributed by atoms with Crippen LogP contribution in [-0.4, -0.2) is 157 Å². The highest BCUT2D eigenvalue weighted by molar-refractivity contribution is 7.44. The molecule has 0 aliphatic rings. The summed E-state index contributed by atoms with van der Waals surface area (Å²) in [6.07, 6.45) is -10.7. The molecule has 9 N–H and O–H groups in total. The Morgan fingerprint density at radius 3 is 1.47 bits per heavy atom. The van der Waals surface area contributed by atoms with E-state index in [1.807, 2.05) is 6.07 Å². The van der Waals surface area contributed by atoms with Crippen molar-refractivity contribution in [3.8, 4) is 0 Å². The predicted molar refractivity (Wildman–Crippen MR) is 166 cm³/mol. The summed E-state index contributed by atoms with van der Waals surface area (Å²) >= 11 is 0. The molecule has 4 unspecified atom stereocenters. The number of hydrogen-bond donors (Lipinski definition) is 9. The third-order valence-electron chi connectivity index (χ3n) is 5.46. The van der Waals surface area contributed by atoms with Crippen LogP contribution in [0.15, 0.2) is 30.3 Å². The van der Waals surface area contributed by atoms with Gasteiger partial charge in [-0.1, -0.05) is 39.5 Å². The van der Waals surface area contributed by atoms with Crippen molar-refractivity contribution in [2.75, 3.05) is 39.6 Å². The molecule has 0 fully saturated rings. The van der Waals surface area contributed by atoms with Crippen molar-refractivity contribution >= 4 is 28.4 Å². The van der Waals surface area contributed by atoms with Crippen LogP contribution in [0, 0.1) is 0 Å². The molecule has 1 rings (SSSR count). The minimum Gasteiger partial charge on any atom is -0.397 e. The molecule has 0 saturated carbocycles. The monoisotopic (exact) mass is 726 g/mol. The number of rotatable bonds is 19. The first-order valence-electron chi connectivity index (χ1n) is 14.1. The highest BCUT2D eigenvalue weighted by atomic mass is 31.1. The Bertz CT molecular complexity index is 961. The lowest BCUT2D eigenvalue weighted by Crippen LogP contribution is -2.45. The highest BCUT2D eigenvalue weighted by Crippen LogP contribution is 2.29. The maximum atomic E-state index is 13.3. The van der Waals surface area contributed by atoms with Gasteiger partial charge in [0, 0.05) is 13.2 Å². The van der Waals surface area contributed by atoms with Crippen molar-refractivity contribution < 1.29 is 78.4 Å². The molecule has 1 aromatic rings. The van der Waals surface area contributed by atoms with Crippen molar-refractivity contribution in [1.82, 2.24) is 10.1 Å². The second kappa shape index (κ2) is 29.9. The van der Waals surface area contributed by atoms with E-state index in [2.05, 4.69) is 0 Å². The summed E-state index contributed by atoms with van der Waals surface area (Å²) < 4.78 is 48.0. The lowest BCUT2D eigenvalue weighted by atomic mass is 10.1. The number of halogens is 2. The number of aliphatic hydroxyl groups excluding tert-OH is 8. The van der Waals surface area contributed by atoms with Crippen molar-refractivity contribution in [2.24, 2.45) is 0 Å². The van der Waals surface area contributed by atoms with E-state index in [0.717, 1.165) is 17.3 Å². The number of benzene rings is 1. The zero-order valence-electron chi connectivity index (χ0n) is 26.7. The number of hydroxylamine groups is 4. The van der Waals surface area contributed by atoms with Crippen molar-refractivity contribution in [2.45, 2.75) is 81.7 Å². The molecule has 1 aromatic carbocycles. The van der Waals surface area contributed by atoms with Gasteiger partial charge in [-0.25, -0.2) is 10.1 Å². The molecule has 0 aromatic heterocycles. The van der Waals surface area contributed by atoms with Gasteiger partial charge in [-0.3, -0.25) is 19.6 Å². The fourth-order valence-electron chi connectivity index (χ4n) is 2.98. The van der Waals surface area contributed by atoms with Crippen LogP contribution < -0.4 is 0 Å². The Hall–Kier alpha value is -2.18. The number of hydrogen-bond acceptors (Lipinski definition) is 14. The molecule has 0 spiro atoms. The smallest absolute Gasteiger partial charge is 0.371 e. The number of alkyl halides is 2. The molecular formula is C27H50F2N2O14P2+2. The minimum absolute atomic E-state index is 0.00320. The summed E-state index contributed by atoms with van der Waals surface area (Å²) in [5, 5.41) is 82.0. The molecule has 10 atom stereocenters. The van der Waals surface area contributed by atoms with Gasteiger partial charge in [-0.05, 0) is 19.4 Å². The highest BCUT2D eigenvalue weighted by Gasteiger charge is 2.35. The van der Waals surface area contributed by atoms with Gasteiger partial charge < -0.3 is 40.9 Å². The van der Waals surface area contributed by atoms with Crippen LogP contribution in [0.4, 0.5) is 8.78 Å². The Morgan fingerprint density at radius 1 is 0.745 bits per heavy atom. The van der Waals surface area contributed by atoms with Gasteiger partial charge in [0.2, 0.25) is 12.8 Å². The van der Waals surface area contributed by atoms with E-state index >= 15 is 0 Å². The van der Waals surface area contributed by atoms with E-state index < -0.39 is 90.0 Å². The van der Waals surface area contributed by atoms with Gasteiger partial charge >= 0.3 is 15.6 Å². The summed E-state index contributed by atoms with van der Waals surface area (Å²) in [5.41, 5.74) is 0.798. The number of carbonyl (C=O) groups is 2.